The molecule has 0 bridgehead atoms. The van der Waals surface area contributed by atoms with Crippen molar-refractivity contribution < 1.29 is 14.3 Å². The summed E-state index contributed by atoms with van der Waals surface area (Å²) in [5.74, 6) is 0.877. The summed E-state index contributed by atoms with van der Waals surface area (Å²) in [5, 5.41) is 3.43. The molecule has 1 atom stereocenters. The lowest BCUT2D eigenvalue weighted by Gasteiger charge is -2.28. The molecule has 1 aliphatic rings. The highest BCUT2D eigenvalue weighted by Gasteiger charge is 2.22. The molecule has 4 rings (SSSR count). The van der Waals surface area contributed by atoms with Crippen molar-refractivity contribution in [1.29, 1.82) is 0 Å². The zero-order valence-corrected chi connectivity index (χ0v) is 18.8. The van der Waals surface area contributed by atoms with Crippen molar-refractivity contribution in [1.82, 2.24) is 4.98 Å². The Morgan fingerprint density at radius 1 is 1.12 bits per heavy atom. The monoisotopic (exact) mass is 431 g/mol. The van der Waals surface area contributed by atoms with Crippen LogP contribution in [-0.4, -0.2) is 38.8 Å². The zero-order valence-electron chi connectivity index (χ0n) is 18.8. The van der Waals surface area contributed by atoms with Crippen LogP contribution in [0.1, 0.15) is 40.2 Å². The Hall–Kier alpha value is -3.54. The number of hydrogen-bond acceptors (Lipinski definition) is 6. The minimum absolute atomic E-state index is 0.356. The third-order valence-corrected chi connectivity index (χ3v) is 6.18. The smallest absolute Gasteiger partial charge is 0.340 e. The van der Waals surface area contributed by atoms with Crippen molar-refractivity contribution in [2.24, 2.45) is 0 Å². The molecular weight excluding hydrogens is 402 g/mol. The Morgan fingerprint density at radius 3 is 2.66 bits per heavy atom. The topological polar surface area (TPSA) is 63.7 Å². The molecule has 0 amide bonds. The fourth-order valence-corrected chi connectivity index (χ4v) is 4.33. The highest BCUT2D eigenvalue weighted by atomic mass is 16.5. The molecule has 0 saturated carbocycles. The van der Waals surface area contributed by atoms with Crippen LogP contribution in [0.3, 0.4) is 0 Å². The molecule has 0 fully saturated rings. The number of carbonyl (C=O) groups excluding carboxylic acids is 1. The van der Waals surface area contributed by atoms with Gasteiger partial charge in [0.25, 0.3) is 0 Å². The van der Waals surface area contributed by atoms with E-state index in [1.165, 1.54) is 23.9 Å². The molecule has 32 heavy (non-hydrogen) atoms. The number of esters is 1. The van der Waals surface area contributed by atoms with Gasteiger partial charge >= 0.3 is 5.97 Å². The van der Waals surface area contributed by atoms with Crippen LogP contribution in [-0.2, 0) is 11.2 Å². The second-order valence-corrected chi connectivity index (χ2v) is 8.02. The van der Waals surface area contributed by atoms with Crippen LogP contribution in [0.5, 0.6) is 5.75 Å². The van der Waals surface area contributed by atoms with E-state index >= 15 is 0 Å². The molecular formula is C26H29N3O3. The van der Waals surface area contributed by atoms with Crippen LogP contribution >= 0.6 is 0 Å². The lowest BCUT2D eigenvalue weighted by atomic mass is 9.82. The van der Waals surface area contributed by atoms with Gasteiger partial charge in [0.15, 0.2) is 0 Å². The van der Waals surface area contributed by atoms with E-state index in [4.69, 9.17) is 9.47 Å². The summed E-state index contributed by atoms with van der Waals surface area (Å²) >= 11 is 0. The first-order valence-electron chi connectivity index (χ1n) is 10.9. The maximum Gasteiger partial charge on any atom is 0.340 e. The summed E-state index contributed by atoms with van der Waals surface area (Å²) in [7, 11) is 5.16. The molecule has 0 saturated heterocycles. The number of aromatic nitrogens is 1. The van der Waals surface area contributed by atoms with Crippen molar-refractivity contribution in [2.75, 3.05) is 38.0 Å². The average Bonchev–Trinajstić information content (AvgIpc) is 2.86. The van der Waals surface area contributed by atoms with Gasteiger partial charge in [0, 0.05) is 37.1 Å². The average molecular weight is 432 g/mol. The first-order chi connectivity index (χ1) is 15.6. The molecule has 1 heterocycles. The fourth-order valence-electron chi connectivity index (χ4n) is 4.33. The van der Waals surface area contributed by atoms with Crippen molar-refractivity contribution in [3.8, 4) is 5.75 Å². The summed E-state index contributed by atoms with van der Waals surface area (Å²) in [6, 6.07) is 16.5. The van der Waals surface area contributed by atoms with E-state index in [1.54, 1.807) is 25.6 Å². The van der Waals surface area contributed by atoms with Gasteiger partial charge in [-0.05, 0) is 72.9 Å². The molecule has 3 aromatic rings. The van der Waals surface area contributed by atoms with Gasteiger partial charge in [-0.15, -0.1) is 0 Å². The van der Waals surface area contributed by atoms with Crippen LogP contribution in [0.25, 0.3) is 0 Å². The van der Waals surface area contributed by atoms with Gasteiger partial charge in [-0.3, -0.25) is 4.98 Å². The SMILES string of the molecule is COC(=O)c1ccncc1NC[C@@H]1CCCc2cc(N(C)c3ccc(OC)cc3)ccc21. The second-order valence-electron chi connectivity index (χ2n) is 8.02. The number of benzene rings is 2. The van der Waals surface area contributed by atoms with E-state index < -0.39 is 0 Å². The Morgan fingerprint density at radius 2 is 1.91 bits per heavy atom. The number of anilines is 3. The summed E-state index contributed by atoms with van der Waals surface area (Å²) < 4.78 is 10.2. The summed E-state index contributed by atoms with van der Waals surface area (Å²) in [5.41, 5.74) is 6.27. The minimum Gasteiger partial charge on any atom is -0.497 e. The molecule has 0 spiro atoms. The standard InChI is InChI=1S/C26H29N3O3/c1-29(20-7-10-22(31-2)11-8-20)21-9-12-23-18(15-21)5-4-6-19(23)16-28-25-17-27-14-13-24(25)26(30)32-3/h7-15,17,19,28H,4-6,16H2,1-3H3/t19-/m0/s1. The number of nitrogens with zero attached hydrogens (tertiary/aromatic N) is 2. The zero-order chi connectivity index (χ0) is 22.5. The largest absolute Gasteiger partial charge is 0.497 e. The molecule has 6 heteroatoms. The molecule has 0 radical (unpaired) electrons. The number of fused-ring (bicyclic) bond motifs is 1. The maximum absolute atomic E-state index is 12.0. The third kappa shape index (κ3) is 4.54. The molecule has 1 aliphatic carbocycles. The number of aryl methyl sites for hydroxylation is 1. The Labute approximate surface area is 189 Å². The number of rotatable bonds is 7. The summed E-state index contributed by atoms with van der Waals surface area (Å²) in [6.07, 6.45) is 6.63. The lowest BCUT2D eigenvalue weighted by Crippen LogP contribution is -2.20. The molecule has 6 nitrogen and oxygen atoms in total. The molecule has 0 aliphatic heterocycles. The second kappa shape index (κ2) is 9.73. The van der Waals surface area contributed by atoms with E-state index in [-0.39, 0.29) is 5.97 Å². The third-order valence-electron chi connectivity index (χ3n) is 6.18. The van der Waals surface area contributed by atoms with Crippen LogP contribution in [0.15, 0.2) is 60.9 Å². The van der Waals surface area contributed by atoms with Gasteiger partial charge in [-0.2, -0.15) is 0 Å². The van der Waals surface area contributed by atoms with Crippen LogP contribution < -0.4 is 15.0 Å². The number of pyridine rings is 1. The quantitative estimate of drug-likeness (QED) is 0.520. The molecule has 1 aromatic heterocycles. The van der Waals surface area contributed by atoms with Crippen LogP contribution in [0.2, 0.25) is 0 Å². The number of hydrogen-bond donors (Lipinski definition) is 1. The summed E-state index contributed by atoms with van der Waals surface area (Å²) in [4.78, 5) is 18.4. The molecule has 2 aromatic carbocycles. The van der Waals surface area contributed by atoms with Crippen molar-refractivity contribution in [3.05, 3.63) is 77.6 Å². The number of nitrogens with one attached hydrogen (secondary N) is 1. The predicted molar refractivity (Wildman–Crippen MR) is 127 cm³/mol. The Bertz CT molecular complexity index is 1080. The van der Waals surface area contributed by atoms with Crippen LogP contribution in [0, 0.1) is 0 Å². The van der Waals surface area contributed by atoms with Gasteiger partial charge in [0.1, 0.15) is 5.75 Å². The van der Waals surface area contributed by atoms with Crippen molar-refractivity contribution >= 4 is 23.0 Å². The molecule has 166 valence electrons. The van der Waals surface area contributed by atoms with Crippen LogP contribution in [0.4, 0.5) is 17.1 Å². The minimum atomic E-state index is -0.356. The Kier molecular flexibility index (Phi) is 6.59. The Balaban J connectivity index is 1.50. The van der Waals surface area contributed by atoms with E-state index in [0.29, 0.717) is 17.2 Å². The number of carbonyl (C=O) groups is 1. The van der Waals surface area contributed by atoms with E-state index in [0.717, 1.165) is 37.2 Å². The fraction of sp³-hybridized carbons (Fsp3) is 0.308. The normalized spacial score (nSPS) is 14.9. The number of ether oxygens (including phenoxy) is 2. The first-order valence-corrected chi connectivity index (χ1v) is 10.9. The highest BCUT2D eigenvalue weighted by Crippen LogP contribution is 2.36. The summed E-state index contributed by atoms with van der Waals surface area (Å²) in [6.45, 7) is 0.746. The van der Waals surface area contributed by atoms with Gasteiger partial charge in [0.05, 0.1) is 31.7 Å². The van der Waals surface area contributed by atoms with E-state index in [1.807, 2.05) is 12.1 Å². The van der Waals surface area contributed by atoms with Gasteiger partial charge in [-0.1, -0.05) is 6.07 Å². The van der Waals surface area contributed by atoms with Gasteiger partial charge < -0.3 is 19.7 Å². The first kappa shape index (κ1) is 21.7. The highest BCUT2D eigenvalue weighted by molar-refractivity contribution is 5.95. The van der Waals surface area contributed by atoms with Crippen molar-refractivity contribution in [3.63, 3.8) is 0 Å². The number of methoxy groups -OCH3 is 2. The van der Waals surface area contributed by atoms with E-state index in [2.05, 4.69) is 52.6 Å². The van der Waals surface area contributed by atoms with E-state index in [9.17, 15) is 4.79 Å². The van der Waals surface area contributed by atoms with Crippen molar-refractivity contribution in [2.45, 2.75) is 25.2 Å². The maximum atomic E-state index is 12.0. The molecule has 0 unspecified atom stereocenters. The lowest BCUT2D eigenvalue weighted by molar-refractivity contribution is 0.0601. The van der Waals surface area contributed by atoms with Gasteiger partial charge in [0.2, 0.25) is 0 Å². The predicted octanol–water partition coefficient (Wildman–Crippen LogP) is 5.18. The van der Waals surface area contributed by atoms with Gasteiger partial charge in [-0.25, -0.2) is 4.79 Å². The molecule has 1 N–H and O–H groups in total.